The Balaban J connectivity index is 1.86. The fourth-order valence-electron chi connectivity index (χ4n) is 4.02. The summed E-state index contributed by atoms with van der Waals surface area (Å²) in [6.45, 7) is 4.41. The number of aryl methyl sites for hydroxylation is 2. The minimum Gasteiger partial charge on any atom is -0.467 e. The average molecular weight is 510 g/mol. The molecule has 190 valence electrons. The van der Waals surface area contributed by atoms with Crippen molar-refractivity contribution in [3.63, 3.8) is 0 Å². The minimum absolute atomic E-state index is 0.275. The average Bonchev–Trinajstić information content (AvgIpc) is 2.85. The Labute approximate surface area is 216 Å². The van der Waals surface area contributed by atoms with E-state index in [4.69, 9.17) is 9.47 Å². The molecule has 0 aliphatic carbocycles. The summed E-state index contributed by atoms with van der Waals surface area (Å²) in [5.41, 5.74) is 5.64. The highest BCUT2D eigenvalue weighted by molar-refractivity contribution is 7.98. The normalized spacial score (nSPS) is 11.7. The Bertz CT molecular complexity index is 1190. The maximum atomic E-state index is 13.7. The number of esters is 1. The molecule has 3 rings (SSSR count). The third-order valence-corrected chi connectivity index (χ3v) is 6.45. The van der Waals surface area contributed by atoms with Crippen LogP contribution in [-0.2, 0) is 27.5 Å². The van der Waals surface area contributed by atoms with Gasteiger partial charge < -0.3 is 14.8 Å². The second-order valence-corrected chi connectivity index (χ2v) is 9.64. The van der Waals surface area contributed by atoms with Crippen LogP contribution in [0.1, 0.15) is 39.0 Å². The van der Waals surface area contributed by atoms with Crippen molar-refractivity contribution >= 4 is 23.6 Å². The standard InChI is InChI=1S/C29H32FNO4S/c1-19-13-22(15-23(30)14-19)18-35-17-21-9-10-25(26(16-21)24-8-6-5-7-20(24)2)28(32)31-27(11-12-36-4)29(33)34-3/h5-10,13-16,27H,11-12,17-18H2,1-4H3,(H,31,32). The highest BCUT2D eigenvalue weighted by Gasteiger charge is 2.23. The van der Waals surface area contributed by atoms with Gasteiger partial charge in [0.25, 0.3) is 5.91 Å². The lowest BCUT2D eigenvalue weighted by Crippen LogP contribution is -2.42. The van der Waals surface area contributed by atoms with E-state index in [-0.39, 0.29) is 18.3 Å². The Kier molecular flexibility index (Phi) is 10.1. The first-order valence-electron chi connectivity index (χ1n) is 11.7. The number of hydrogen-bond donors (Lipinski definition) is 1. The number of amides is 1. The van der Waals surface area contributed by atoms with E-state index in [0.29, 0.717) is 24.3 Å². The number of carbonyl (C=O) groups excluding carboxylic acids is 2. The molecular formula is C29H32FNO4S. The van der Waals surface area contributed by atoms with E-state index in [9.17, 15) is 14.0 Å². The van der Waals surface area contributed by atoms with Crippen molar-refractivity contribution in [2.75, 3.05) is 19.1 Å². The molecule has 3 aromatic carbocycles. The zero-order valence-corrected chi connectivity index (χ0v) is 21.9. The second-order valence-electron chi connectivity index (χ2n) is 8.66. The quantitative estimate of drug-likeness (QED) is 0.329. The SMILES string of the molecule is COC(=O)C(CCSC)NC(=O)c1ccc(COCc2cc(C)cc(F)c2)cc1-c1ccccc1C. The molecule has 1 N–H and O–H groups in total. The monoisotopic (exact) mass is 509 g/mol. The molecule has 0 fully saturated rings. The number of nitrogens with one attached hydrogen (secondary N) is 1. The zero-order chi connectivity index (χ0) is 26.1. The molecule has 36 heavy (non-hydrogen) atoms. The van der Waals surface area contributed by atoms with Crippen LogP contribution in [0, 0.1) is 19.7 Å². The van der Waals surface area contributed by atoms with Gasteiger partial charge in [-0.1, -0.05) is 36.4 Å². The van der Waals surface area contributed by atoms with Gasteiger partial charge in [-0.05, 0) is 89.9 Å². The number of benzene rings is 3. The van der Waals surface area contributed by atoms with E-state index in [1.807, 2.05) is 62.6 Å². The van der Waals surface area contributed by atoms with Crippen molar-refractivity contribution in [3.8, 4) is 11.1 Å². The van der Waals surface area contributed by atoms with Gasteiger partial charge in [-0.2, -0.15) is 11.8 Å². The third-order valence-electron chi connectivity index (χ3n) is 5.80. The highest BCUT2D eigenvalue weighted by Crippen LogP contribution is 2.29. The number of halogens is 1. The van der Waals surface area contributed by atoms with Crippen LogP contribution >= 0.6 is 11.8 Å². The van der Waals surface area contributed by atoms with Crippen LogP contribution in [0.5, 0.6) is 0 Å². The molecule has 0 aliphatic rings. The topological polar surface area (TPSA) is 64.6 Å². The Morgan fingerprint density at radius 3 is 2.42 bits per heavy atom. The minimum atomic E-state index is -0.725. The molecule has 1 atom stereocenters. The summed E-state index contributed by atoms with van der Waals surface area (Å²) in [5.74, 6) is -0.375. The van der Waals surface area contributed by atoms with E-state index in [1.54, 1.807) is 17.8 Å². The second kappa shape index (κ2) is 13.2. The fraction of sp³-hybridized carbons (Fsp3) is 0.310. The van der Waals surface area contributed by atoms with Crippen molar-refractivity contribution in [1.82, 2.24) is 5.32 Å². The number of hydrogen-bond acceptors (Lipinski definition) is 5. The Morgan fingerprint density at radius 1 is 0.972 bits per heavy atom. The Morgan fingerprint density at radius 2 is 1.72 bits per heavy atom. The third kappa shape index (κ3) is 7.42. The molecule has 0 aromatic heterocycles. The number of carbonyl (C=O) groups is 2. The van der Waals surface area contributed by atoms with Crippen LogP contribution in [0.15, 0.2) is 60.7 Å². The summed E-state index contributed by atoms with van der Waals surface area (Å²) < 4.78 is 24.4. The van der Waals surface area contributed by atoms with Crippen molar-refractivity contribution in [2.24, 2.45) is 0 Å². The molecule has 0 aliphatic heterocycles. The molecule has 0 bridgehead atoms. The summed E-state index contributed by atoms with van der Waals surface area (Å²) in [4.78, 5) is 25.6. The van der Waals surface area contributed by atoms with Gasteiger partial charge in [-0.25, -0.2) is 9.18 Å². The van der Waals surface area contributed by atoms with Gasteiger partial charge in [0.05, 0.1) is 20.3 Å². The smallest absolute Gasteiger partial charge is 0.328 e. The van der Waals surface area contributed by atoms with Crippen LogP contribution in [0.4, 0.5) is 4.39 Å². The summed E-state index contributed by atoms with van der Waals surface area (Å²) in [6, 6.07) is 17.5. The number of rotatable bonds is 11. The molecule has 0 spiro atoms. The number of ether oxygens (including phenoxy) is 2. The van der Waals surface area contributed by atoms with Crippen LogP contribution in [0.25, 0.3) is 11.1 Å². The highest BCUT2D eigenvalue weighted by atomic mass is 32.2. The molecule has 3 aromatic rings. The first-order valence-corrected chi connectivity index (χ1v) is 13.1. The lowest BCUT2D eigenvalue weighted by molar-refractivity contribution is -0.142. The van der Waals surface area contributed by atoms with Crippen molar-refractivity contribution in [1.29, 1.82) is 0 Å². The largest absolute Gasteiger partial charge is 0.467 e. The lowest BCUT2D eigenvalue weighted by Gasteiger charge is -2.19. The lowest BCUT2D eigenvalue weighted by atomic mass is 9.93. The molecule has 0 heterocycles. The van der Waals surface area contributed by atoms with Crippen molar-refractivity contribution in [3.05, 3.63) is 94.3 Å². The first-order chi connectivity index (χ1) is 17.3. The van der Waals surface area contributed by atoms with Crippen molar-refractivity contribution in [2.45, 2.75) is 39.5 Å². The molecule has 5 nitrogen and oxygen atoms in total. The summed E-state index contributed by atoms with van der Waals surface area (Å²) in [7, 11) is 1.32. The zero-order valence-electron chi connectivity index (χ0n) is 21.1. The van der Waals surface area contributed by atoms with E-state index in [0.717, 1.165) is 33.4 Å². The molecule has 1 amide bonds. The van der Waals surface area contributed by atoms with Gasteiger partial charge in [-0.3, -0.25) is 4.79 Å². The fourth-order valence-corrected chi connectivity index (χ4v) is 4.49. The molecule has 7 heteroatoms. The van der Waals surface area contributed by atoms with Gasteiger partial charge in [0, 0.05) is 5.56 Å². The number of methoxy groups -OCH3 is 1. The van der Waals surface area contributed by atoms with Gasteiger partial charge in [0.15, 0.2) is 0 Å². The molecule has 0 radical (unpaired) electrons. The maximum absolute atomic E-state index is 13.7. The predicted molar refractivity (Wildman–Crippen MR) is 143 cm³/mol. The van der Waals surface area contributed by atoms with Gasteiger partial charge in [-0.15, -0.1) is 0 Å². The van der Waals surface area contributed by atoms with E-state index in [1.165, 1.54) is 19.2 Å². The maximum Gasteiger partial charge on any atom is 0.328 e. The van der Waals surface area contributed by atoms with Gasteiger partial charge >= 0.3 is 5.97 Å². The van der Waals surface area contributed by atoms with E-state index in [2.05, 4.69) is 5.32 Å². The van der Waals surface area contributed by atoms with E-state index >= 15 is 0 Å². The Hall–Kier alpha value is -3.16. The van der Waals surface area contributed by atoms with Gasteiger partial charge in [0.2, 0.25) is 0 Å². The summed E-state index contributed by atoms with van der Waals surface area (Å²) in [6.07, 6.45) is 2.42. The molecule has 0 saturated carbocycles. The van der Waals surface area contributed by atoms with E-state index < -0.39 is 12.0 Å². The molecular weight excluding hydrogens is 477 g/mol. The molecule has 0 saturated heterocycles. The first kappa shape index (κ1) is 27.4. The van der Waals surface area contributed by atoms with Crippen molar-refractivity contribution < 1.29 is 23.5 Å². The van der Waals surface area contributed by atoms with Crippen LogP contribution in [-0.4, -0.2) is 37.0 Å². The predicted octanol–water partition coefficient (Wildman–Crippen LogP) is 5.85. The van der Waals surface area contributed by atoms with Gasteiger partial charge in [0.1, 0.15) is 11.9 Å². The summed E-state index contributed by atoms with van der Waals surface area (Å²) in [5, 5.41) is 2.85. The summed E-state index contributed by atoms with van der Waals surface area (Å²) >= 11 is 1.60. The number of thioether (sulfide) groups is 1. The van der Waals surface area contributed by atoms with Crippen LogP contribution in [0.2, 0.25) is 0 Å². The molecule has 1 unspecified atom stereocenters. The van der Waals surface area contributed by atoms with Crippen LogP contribution in [0.3, 0.4) is 0 Å². The van der Waals surface area contributed by atoms with Crippen LogP contribution < -0.4 is 5.32 Å².